The lowest BCUT2D eigenvalue weighted by Gasteiger charge is -2.15. The van der Waals surface area contributed by atoms with Crippen LogP contribution in [0.4, 0.5) is 5.69 Å². The van der Waals surface area contributed by atoms with Crippen LogP contribution in [0.3, 0.4) is 0 Å². The number of amides is 1. The van der Waals surface area contributed by atoms with Gasteiger partial charge in [0.05, 0.1) is 11.2 Å². The zero-order chi connectivity index (χ0) is 15.1. The van der Waals surface area contributed by atoms with Gasteiger partial charge in [-0.15, -0.1) is 0 Å². The van der Waals surface area contributed by atoms with E-state index < -0.39 is 0 Å². The summed E-state index contributed by atoms with van der Waals surface area (Å²) in [6.45, 7) is 0. The van der Waals surface area contributed by atoms with Gasteiger partial charge in [-0.05, 0) is 41.0 Å². The molecule has 1 atom stereocenters. The highest BCUT2D eigenvalue weighted by molar-refractivity contribution is 9.09. The van der Waals surface area contributed by atoms with Gasteiger partial charge in [0.15, 0.2) is 0 Å². The summed E-state index contributed by atoms with van der Waals surface area (Å²) in [6.07, 6.45) is 0.371. The van der Waals surface area contributed by atoms with E-state index in [0.717, 1.165) is 22.4 Å². The molecule has 2 aromatic carbocycles. The summed E-state index contributed by atoms with van der Waals surface area (Å²) in [5.41, 5.74) is 3.51. The van der Waals surface area contributed by atoms with Crippen molar-refractivity contribution in [3.8, 4) is 0 Å². The number of carbonyl (C=O) groups excluding carboxylic acids is 1. The van der Waals surface area contributed by atoms with E-state index in [-0.39, 0.29) is 10.7 Å². The lowest BCUT2D eigenvalue weighted by Crippen LogP contribution is -2.03. The summed E-state index contributed by atoms with van der Waals surface area (Å²) in [5, 5.41) is 4.49. The molecule has 1 N–H and O–H groups in total. The Bertz CT molecular complexity index is 728. The fraction of sp³-hybridized carbons (Fsp3) is 0.133. The third-order valence-corrected chi connectivity index (χ3v) is 5.08. The van der Waals surface area contributed by atoms with E-state index in [4.69, 9.17) is 34.8 Å². The second kappa shape index (κ2) is 5.81. The standard InChI is InChI=1S/C15H9BrCl3NO/c16-15(8-1-9(17)5-10(18)2-8)11-3-7-4-14(21)20-13(7)6-12(11)19/h1-3,5-6,15H,4H2,(H,20,21). The minimum atomic E-state index is -0.151. The maximum Gasteiger partial charge on any atom is 0.228 e. The Morgan fingerprint density at radius 2 is 1.71 bits per heavy atom. The molecule has 108 valence electrons. The van der Waals surface area contributed by atoms with E-state index in [1.807, 2.05) is 18.2 Å². The fourth-order valence-corrected chi connectivity index (χ4v) is 3.95. The highest BCUT2D eigenvalue weighted by Gasteiger charge is 2.23. The number of rotatable bonds is 2. The van der Waals surface area contributed by atoms with E-state index in [9.17, 15) is 4.79 Å². The van der Waals surface area contributed by atoms with Gasteiger partial charge in [-0.25, -0.2) is 0 Å². The van der Waals surface area contributed by atoms with Gasteiger partial charge < -0.3 is 5.32 Å². The van der Waals surface area contributed by atoms with Crippen LogP contribution in [0.25, 0.3) is 0 Å². The summed E-state index contributed by atoms with van der Waals surface area (Å²) >= 11 is 22.0. The third kappa shape index (κ3) is 3.07. The average molecular weight is 406 g/mol. The molecule has 0 saturated carbocycles. The second-order valence-electron chi connectivity index (χ2n) is 4.82. The molecule has 0 saturated heterocycles. The van der Waals surface area contributed by atoms with Gasteiger partial charge in [0, 0.05) is 20.8 Å². The molecule has 21 heavy (non-hydrogen) atoms. The zero-order valence-electron chi connectivity index (χ0n) is 10.6. The van der Waals surface area contributed by atoms with Gasteiger partial charge in [-0.1, -0.05) is 56.8 Å². The molecule has 0 bridgehead atoms. The van der Waals surface area contributed by atoms with E-state index in [1.54, 1.807) is 12.1 Å². The van der Waals surface area contributed by atoms with E-state index >= 15 is 0 Å². The predicted octanol–water partition coefficient (Wildman–Crippen LogP) is 5.63. The van der Waals surface area contributed by atoms with Gasteiger partial charge in [0.1, 0.15) is 0 Å². The van der Waals surface area contributed by atoms with Gasteiger partial charge in [-0.3, -0.25) is 4.79 Å². The Morgan fingerprint density at radius 3 is 2.38 bits per heavy atom. The number of nitrogens with one attached hydrogen (secondary N) is 1. The quantitative estimate of drug-likeness (QED) is 0.645. The minimum absolute atomic E-state index is 0.0184. The van der Waals surface area contributed by atoms with Crippen molar-refractivity contribution in [3.63, 3.8) is 0 Å². The van der Waals surface area contributed by atoms with Crippen LogP contribution in [0.1, 0.15) is 21.5 Å². The first-order valence-electron chi connectivity index (χ1n) is 6.16. The molecule has 1 heterocycles. The smallest absolute Gasteiger partial charge is 0.228 e. The summed E-state index contributed by atoms with van der Waals surface area (Å²) in [7, 11) is 0. The summed E-state index contributed by atoms with van der Waals surface area (Å²) < 4.78 is 0. The lowest BCUT2D eigenvalue weighted by atomic mass is 10.0. The molecule has 0 fully saturated rings. The summed E-state index contributed by atoms with van der Waals surface area (Å²) in [4.78, 5) is 11.3. The second-order valence-corrected chi connectivity index (χ2v) is 7.02. The van der Waals surface area contributed by atoms with Gasteiger partial charge in [0.2, 0.25) is 5.91 Å². The maximum atomic E-state index is 11.5. The molecule has 0 spiro atoms. The largest absolute Gasteiger partial charge is 0.325 e. The molecule has 6 heteroatoms. The Balaban J connectivity index is 2.04. The summed E-state index contributed by atoms with van der Waals surface area (Å²) in [6, 6.07) is 9.06. The molecule has 1 aliphatic heterocycles. The topological polar surface area (TPSA) is 29.1 Å². The molecular formula is C15H9BrCl3NO. The Kier molecular flexibility index (Phi) is 4.19. The van der Waals surface area contributed by atoms with E-state index in [1.165, 1.54) is 0 Å². The Morgan fingerprint density at radius 1 is 1.05 bits per heavy atom. The van der Waals surface area contributed by atoms with E-state index in [0.29, 0.717) is 21.5 Å². The van der Waals surface area contributed by atoms with Crippen LogP contribution in [-0.2, 0) is 11.2 Å². The van der Waals surface area contributed by atoms with Gasteiger partial charge >= 0.3 is 0 Å². The Hall–Kier alpha value is -0.740. The minimum Gasteiger partial charge on any atom is -0.325 e. The van der Waals surface area contributed by atoms with Crippen molar-refractivity contribution in [1.82, 2.24) is 0 Å². The number of alkyl halides is 1. The molecule has 0 aliphatic carbocycles. The number of halogens is 4. The van der Waals surface area contributed by atoms with Crippen LogP contribution in [0, 0.1) is 0 Å². The van der Waals surface area contributed by atoms with Crippen LogP contribution in [-0.4, -0.2) is 5.91 Å². The molecule has 1 amide bonds. The molecule has 2 nitrogen and oxygen atoms in total. The number of fused-ring (bicyclic) bond motifs is 1. The number of anilines is 1. The van der Waals surface area contributed by atoms with Crippen LogP contribution in [0.5, 0.6) is 0 Å². The van der Waals surface area contributed by atoms with Gasteiger partial charge in [-0.2, -0.15) is 0 Å². The molecule has 0 aromatic heterocycles. The first-order chi connectivity index (χ1) is 9.94. The van der Waals surface area contributed by atoms with Crippen LogP contribution >= 0.6 is 50.7 Å². The van der Waals surface area contributed by atoms with Crippen molar-refractivity contribution < 1.29 is 4.79 Å². The van der Waals surface area contributed by atoms with Crippen molar-refractivity contribution in [1.29, 1.82) is 0 Å². The van der Waals surface area contributed by atoms with Gasteiger partial charge in [0.25, 0.3) is 0 Å². The maximum absolute atomic E-state index is 11.5. The monoisotopic (exact) mass is 403 g/mol. The van der Waals surface area contributed by atoms with Crippen LogP contribution in [0.15, 0.2) is 30.3 Å². The number of hydrogen-bond donors (Lipinski definition) is 1. The van der Waals surface area contributed by atoms with Crippen molar-refractivity contribution in [2.75, 3.05) is 5.32 Å². The van der Waals surface area contributed by atoms with Crippen LogP contribution in [0.2, 0.25) is 15.1 Å². The Labute approximate surface area is 145 Å². The number of benzene rings is 2. The summed E-state index contributed by atoms with van der Waals surface area (Å²) in [5.74, 6) is -0.0184. The third-order valence-electron chi connectivity index (χ3n) is 3.30. The number of hydrogen-bond acceptors (Lipinski definition) is 1. The fourth-order valence-electron chi connectivity index (χ4n) is 2.36. The van der Waals surface area contributed by atoms with Crippen molar-refractivity contribution in [2.45, 2.75) is 11.2 Å². The first-order valence-corrected chi connectivity index (χ1v) is 8.21. The molecule has 1 aliphatic rings. The van der Waals surface area contributed by atoms with Crippen molar-refractivity contribution in [3.05, 3.63) is 62.1 Å². The highest BCUT2D eigenvalue weighted by atomic mass is 79.9. The van der Waals surface area contributed by atoms with E-state index in [2.05, 4.69) is 21.2 Å². The van der Waals surface area contributed by atoms with Crippen molar-refractivity contribution in [2.24, 2.45) is 0 Å². The molecule has 0 radical (unpaired) electrons. The zero-order valence-corrected chi connectivity index (χ0v) is 14.4. The average Bonchev–Trinajstić information content (AvgIpc) is 2.75. The molecule has 1 unspecified atom stereocenters. The first kappa shape index (κ1) is 15.2. The van der Waals surface area contributed by atoms with Crippen LogP contribution < -0.4 is 5.32 Å². The lowest BCUT2D eigenvalue weighted by molar-refractivity contribution is -0.115. The molecule has 2 aromatic rings. The number of carbonyl (C=O) groups is 1. The molecule has 3 rings (SSSR count). The molecular weight excluding hydrogens is 396 g/mol. The van der Waals surface area contributed by atoms with Crippen molar-refractivity contribution >= 4 is 62.3 Å². The highest BCUT2D eigenvalue weighted by Crippen LogP contribution is 2.40. The normalized spacial score (nSPS) is 14.8. The SMILES string of the molecule is O=C1Cc2cc(C(Br)c3cc(Cl)cc(Cl)c3)c(Cl)cc2N1. The predicted molar refractivity (Wildman–Crippen MR) is 91.0 cm³/mol.